The molecular weight excluding hydrogens is 250 g/mol. The highest BCUT2D eigenvalue weighted by Crippen LogP contribution is 2.25. The van der Waals surface area contributed by atoms with Crippen molar-refractivity contribution < 1.29 is 13.2 Å². The molecule has 0 unspecified atom stereocenters. The number of sulfone groups is 1. The number of benzene rings is 1. The Morgan fingerprint density at radius 1 is 1.39 bits per heavy atom. The number of fused-ring (bicyclic) bond motifs is 1. The van der Waals surface area contributed by atoms with Crippen LogP contribution >= 0.6 is 0 Å². The fourth-order valence-electron chi connectivity index (χ4n) is 2.15. The van der Waals surface area contributed by atoms with Gasteiger partial charge in [0.25, 0.3) is 0 Å². The molecule has 1 aliphatic heterocycles. The molecule has 1 aromatic carbocycles. The van der Waals surface area contributed by atoms with Crippen molar-refractivity contribution in [3.63, 3.8) is 0 Å². The molecule has 0 amide bonds. The van der Waals surface area contributed by atoms with E-state index in [0.29, 0.717) is 23.4 Å². The minimum absolute atomic E-state index is 0.00243. The quantitative estimate of drug-likeness (QED) is 0.833. The molecule has 1 heterocycles. The number of hydrogen-bond acceptors (Lipinski definition) is 4. The molecule has 0 saturated heterocycles. The summed E-state index contributed by atoms with van der Waals surface area (Å²) in [6, 6.07) is 4.91. The van der Waals surface area contributed by atoms with Crippen molar-refractivity contribution in [2.24, 2.45) is 0 Å². The van der Waals surface area contributed by atoms with Crippen LogP contribution < -0.4 is 5.32 Å². The molecule has 4 nitrogen and oxygen atoms in total. The van der Waals surface area contributed by atoms with Crippen molar-refractivity contribution in [1.29, 1.82) is 0 Å². The Morgan fingerprint density at radius 2 is 2.17 bits per heavy atom. The summed E-state index contributed by atoms with van der Waals surface area (Å²) in [6.07, 6.45) is 1.37. The maximum absolute atomic E-state index is 11.8. The molecule has 98 valence electrons. The average molecular weight is 267 g/mol. The Kier molecular flexibility index (Phi) is 3.82. The summed E-state index contributed by atoms with van der Waals surface area (Å²) in [6.45, 7) is 2.97. The third-order valence-corrected chi connectivity index (χ3v) is 5.01. The zero-order chi connectivity index (χ0) is 13.2. The first-order chi connectivity index (χ1) is 8.54. The standard InChI is InChI=1S/C13H17NO3S/c1-2-14-9-12(15)10-5-6-13-11(8-10)4-3-7-18(13,16)17/h5-6,8,14H,2-4,7,9H2,1H3. The third kappa shape index (κ3) is 2.62. The van der Waals surface area contributed by atoms with Gasteiger partial charge < -0.3 is 5.32 Å². The number of likely N-dealkylation sites (N-methyl/N-ethyl adjacent to an activating group) is 1. The van der Waals surface area contributed by atoms with E-state index in [2.05, 4.69) is 5.32 Å². The average Bonchev–Trinajstić information content (AvgIpc) is 2.35. The number of ketones is 1. The lowest BCUT2D eigenvalue weighted by Gasteiger charge is -2.16. The Bertz CT molecular complexity index is 564. The van der Waals surface area contributed by atoms with Crippen LogP contribution in [0.15, 0.2) is 23.1 Å². The first-order valence-electron chi connectivity index (χ1n) is 6.14. The molecule has 0 atom stereocenters. The second-order valence-corrected chi connectivity index (χ2v) is 6.53. The summed E-state index contributed by atoms with van der Waals surface area (Å²) >= 11 is 0. The first-order valence-corrected chi connectivity index (χ1v) is 7.79. The molecule has 0 aromatic heterocycles. The summed E-state index contributed by atoms with van der Waals surface area (Å²) in [7, 11) is -3.13. The van der Waals surface area contributed by atoms with Gasteiger partial charge in [-0.05, 0) is 37.1 Å². The summed E-state index contributed by atoms with van der Waals surface area (Å²) < 4.78 is 23.7. The normalized spacial score (nSPS) is 17.2. The molecule has 1 aliphatic rings. The molecule has 18 heavy (non-hydrogen) atoms. The molecule has 1 aromatic rings. The molecule has 0 bridgehead atoms. The van der Waals surface area contributed by atoms with Crippen LogP contribution in [-0.2, 0) is 16.3 Å². The van der Waals surface area contributed by atoms with Crippen LogP contribution in [0.5, 0.6) is 0 Å². The van der Waals surface area contributed by atoms with Crippen LogP contribution in [0.3, 0.4) is 0 Å². The molecule has 0 saturated carbocycles. The van der Waals surface area contributed by atoms with Gasteiger partial charge in [0.05, 0.1) is 17.2 Å². The van der Waals surface area contributed by atoms with Gasteiger partial charge in [-0.15, -0.1) is 0 Å². The fraction of sp³-hybridized carbons (Fsp3) is 0.462. The summed E-state index contributed by atoms with van der Waals surface area (Å²) in [5, 5.41) is 2.98. The van der Waals surface area contributed by atoms with Crippen LogP contribution in [0, 0.1) is 0 Å². The van der Waals surface area contributed by atoms with Crippen molar-refractivity contribution >= 4 is 15.6 Å². The van der Waals surface area contributed by atoms with Gasteiger partial charge in [-0.2, -0.15) is 0 Å². The number of nitrogens with one attached hydrogen (secondary N) is 1. The molecule has 5 heteroatoms. The Labute approximate surface area is 107 Å². The summed E-state index contributed by atoms with van der Waals surface area (Å²) in [5.74, 6) is 0.215. The predicted octanol–water partition coefficient (Wildman–Crippen LogP) is 1.20. The van der Waals surface area contributed by atoms with E-state index in [9.17, 15) is 13.2 Å². The minimum Gasteiger partial charge on any atom is -0.310 e. The molecule has 0 spiro atoms. The highest BCUT2D eigenvalue weighted by Gasteiger charge is 2.24. The highest BCUT2D eigenvalue weighted by atomic mass is 32.2. The van der Waals surface area contributed by atoms with E-state index < -0.39 is 9.84 Å². The number of aryl methyl sites for hydroxylation is 1. The van der Waals surface area contributed by atoms with Gasteiger partial charge in [-0.25, -0.2) is 8.42 Å². The van der Waals surface area contributed by atoms with Gasteiger partial charge in [0.15, 0.2) is 15.6 Å². The SMILES string of the molecule is CCNCC(=O)c1ccc2c(c1)CCCS2(=O)=O. The Hall–Kier alpha value is -1.20. The number of rotatable bonds is 4. The lowest BCUT2D eigenvalue weighted by atomic mass is 10.0. The van der Waals surface area contributed by atoms with Gasteiger partial charge in [0, 0.05) is 5.56 Å². The van der Waals surface area contributed by atoms with Crippen LogP contribution in [0.1, 0.15) is 29.3 Å². The van der Waals surface area contributed by atoms with E-state index in [0.717, 1.165) is 18.5 Å². The van der Waals surface area contributed by atoms with Gasteiger partial charge in [-0.3, -0.25) is 4.79 Å². The lowest BCUT2D eigenvalue weighted by Crippen LogP contribution is -2.23. The number of carbonyl (C=O) groups is 1. The summed E-state index contributed by atoms with van der Waals surface area (Å²) in [4.78, 5) is 12.2. The second kappa shape index (κ2) is 5.20. The van der Waals surface area contributed by atoms with Crippen LogP contribution in [0.25, 0.3) is 0 Å². The second-order valence-electron chi connectivity index (χ2n) is 4.45. The van der Waals surface area contributed by atoms with E-state index in [1.165, 1.54) is 0 Å². The predicted molar refractivity (Wildman–Crippen MR) is 69.7 cm³/mol. The molecule has 1 N–H and O–H groups in total. The van der Waals surface area contributed by atoms with Gasteiger partial charge >= 0.3 is 0 Å². The van der Waals surface area contributed by atoms with Crippen molar-refractivity contribution in [3.05, 3.63) is 29.3 Å². The van der Waals surface area contributed by atoms with Crippen LogP contribution in [0.4, 0.5) is 0 Å². The molecule has 0 aliphatic carbocycles. The van der Waals surface area contributed by atoms with Crippen LogP contribution in [0.2, 0.25) is 0 Å². The summed E-state index contributed by atoms with van der Waals surface area (Å²) in [5.41, 5.74) is 1.37. The zero-order valence-corrected chi connectivity index (χ0v) is 11.2. The van der Waals surface area contributed by atoms with Crippen LogP contribution in [-0.4, -0.2) is 33.0 Å². The van der Waals surface area contributed by atoms with Crippen molar-refractivity contribution in [1.82, 2.24) is 5.32 Å². The Balaban J connectivity index is 2.30. The Morgan fingerprint density at radius 3 is 2.89 bits per heavy atom. The maximum atomic E-state index is 11.8. The molecular formula is C13H17NO3S. The molecule has 0 fully saturated rings. The number of hydrogen-bond donors (Lipinski definition) is 1. The van der Waals surface area contributed by atoms with Crippen molar-refractivity contribution in [3.8, 4) is 0 Å². The smallest absolute Gasteiger partial charge is 0.178 e. The number of Topliss-reactive ketones (excluding diaryl/α,β-unsaturated/α-hetero) is 1. The van der Waals surface area contributed by atoms with E-state index in [1.807, 2.05) is 6.92 Å². The van der Waals surface area contributed by atoms with Gasteiger partial charge in [0.2, 0.25) is 0 Å². The first kappa shape index (κ1) is 13.2. The van der Waals surface area contributed by atoms with E-state index in [1.54, 1.807) is 18.2 Å². The van der Waals surface area contributed by atoms with E-state index >= 15 is 0 Å². The fourth-order valence-corrected chi connectivity index (χ4v) is 3.73. The topological polar surface area (TPSA) is 63.2 Å². The van der Waals surface area contributed by atoms with Crippen molar-refractivity contribution in [2.45, 2.75) is 24.7 Å². The molecule has 2 rings (SSSR count). The van der Waals surface area contributed by atoms with Crippen molar-refractivity contribution in [2.75, 3.05) is 18.8 Å². The van der Waals surface area contributed by atoms with E-state index in [4.69, 9.17) is 0 Å². The van der Waals surface area contributed by atoms with Gasteiger partial charge in [-0.1, -0.05) is 13.0 Å². The molecule has 0 radical (unpaired) electrons. The lowest BCUT2D eigenvalue weighted by molar-refractivity contribution is 0.0991. The highest BCUT2D eigenvalue weighted by molar-refractivity contribution is 7.91. The maximum Gasteiger partial charge on any atom is 0.178 e. The third-order valence-electron chi connectivity index (χ3n) is 3.11. The minimum atomic E-state index is -3.13. The van der Waals surface area contributed by atoms with E-state index in [-0.39, 0.29) is 11.5 Å². The zero-order valence-electron chi connectivity index (χ0n) is 10.4. The number of carbonyl (C=O) groups excluding carboxylic acids is 1. The largest absolute Gasteiger partial charge is 0.310 e. The monoisotopic (exact) mass is 267 g/mol. The van der Waals surface area contributed by atoms with Gasteiger partial charge in [0.1, 0.15) is 0 Å².